The Morgan fingerprint density at radius 1 is 1.09 bits per heavy atom. The Kier molecular flexibility index (Phi) is 4.64. The fourth-order valence-electron chi connectivity index (χ4n) is 2.92. The van der Waals surface area contributed by atoms with Crippen LogP contribution in [-0.4, -0.2) is 38.5 Å². The van der Waals surface area contributed by atoms with E-state index in [-0.39, 0.29) is 5.41 Å². The summed E-state index contributed by atoms with van der Waals surface area (Å²) in [6, 6.07) is 6.13. The smallest absolute Gasteiger partial charge is 0.498 e. The third-order valence-corrected chi connectivity index (χ3v) is 4.37. The van der Waals surface area contributed by atoms with Gasteiger partial charge in [-0.25, -0.2) is 0 Å². The van der Waals surface area contributed by atoms with Crippen LogP contribution in [0.25, 0.3) is 0 Å². The molecule has 0 aliphatic carbocycles. The van der Waals surface area contributed by atoms with E-state index in [1.807, 2.05) is 6.07 Å². The quantitative estimate of drug-likeness (QED) is 0.799. The Bertz CT molecular complexity index is 509. The van der Waals surface area contributed by atoms with Gasteiger partial charge in [0.2, 0.25) is 0 Å². The summed E-state index contributed by atoms with van der Waals surface area (Å²) in [6.45, 7) is 10.5. The second kappa shape index (κ2) is 6.51. The first kappa shape index (κ1) is 15.7. The molecule has 2 aliphatic rings. The molecule has 22 heavy (non-hydrogen) atoms. The third-order valence-electron chi connectivity index (χ3n) is 4.37. The molecule has 1 fully saturated rings. The first-order valence-corrected chi connectivity index (χ1v) is 8.34. The number of hydrogen-bond donors (Lipinski definition) is 0. The van der Waals surface area contributed by atoms with Gasteiger partial charge < -0.3 is 18.9 Å². The van der Waals surface area contributed by atoms with Crippen LogP contribution in [-0.2, 0) is 10.1 Å². The summed E-state index contributed by atoms with van der Waals surface area (Å²) >= 11 is 0. The summed E-state index contributed by atoms with van der Waals surface area (Å²) in [5, 5.41) is 0. The average molecular weight is 303 g/mol. The van der Waals surface area contributed by atoms with Crippen LogP contribution in [0.15, 0.2) is 18.2 Å². The van der Waals surface area contributed by atoms with Crippen molar-refractivity contribution in [3.05, 3.63) is 23.8 Å². The minimum atomic E-state index is -0.602. The molecule has 1 aromatic carbocycles. The van der Waals surface area contributed by atoms with Crippen molar-refractivity contribution in [1.82, 2.24) is 4.90 Å². The number of piperidine rings is 1. The highest BCUT2D eigenvalue weighted by molar-refractivity contribution is 6.40. The van der Waals surface area contributed by atoms with Crippen LogP contribution in [0.4, 0.5) is 0 Å². The van der Waals surface area contributed by atoms with Crippen molar-refractivity contribution in [2.24, 2.45) is 0 Å². The standard InChI is InChI=1S/C17H26BNO3/c1-17(2,3)14-7-8-15-16(13-14)22-18(21-15)20-12-11-19-9-5-4-6-10-19/h7-8,13H,4-6,9-12H2,1-3H3. The molecule has 1 saturated heterocycles. The number of fused-ring (bicyclic) bond motifs is 1. The molecule has 3 rings (SSSR count). The number of likely N-dealkylation sites (tertiary alicyclic amines) is 1. The maximum absolute atomic E-state index is 5.77. The Hall–Kier alpha value is -1.20. The molecule has 5 heteroatoms. The molecule has 0 radical (unpaired) electrons. The molecule has 2 aliphatic heterocycles. The van der Waals surface area contributed by atoms with Crippen LogP contribution >= 0.6 is 0 Å². The van der Waals surface area contributed by atoms with E-state index >= 15 is 0 Å². The predicted molar refractivity (Wildman–Crippen MR) is 88.4 cm³/mol. The Morgan fingerprint density at radius 2 is 1.82 bits per heavy atom. The van der Waals surface area contributed by atoms with Crippen molar-refractivity contribution < 1.29 is 14.0 Å². The van der Waals surface area contributed by atoms with Gasteiger partial charge in [0, 0.05) is 13.2 Å². The lowest BCUT2D eigenvalue weighted by Gasteiger charge is -2.26. The maximum atomic E-state index is 5.77. The highest BCUT2D eigenvalue weighted by atomic mass is 16.8. The van der Waals surface area contributed by atoms with Crippen molar-refractivity contribution in [2.75, 3.05) is 26.2 Å². The van der Waals surface area contributed by atoms with Crippen molar-refractivity contribution in [1.29, 1.82) is 0 Å². The average Bonchev–Trinajstić information content (AvgIpc) is 2.89. The molecule has 1 aromatic rings. The van der Waals surface area contributed by atoms with E-state index in [1.54, 1.807) is 0 Å². The van der Waals surface area contributed by atoms with E-state index < -0.39 is 7.32 Å². The van der Waals surface area contributed by atoms with E-state index in [2.05, 4.69) is 37.8 Å². The molecule has 0 bridgehead atoms. The molecule has 0 unspecified atom stereocenters. The van der Waals surface area contributed by atoms with Gasteiger partial charge in [0.05, 0.1) is 0 Å². The highest BCUT2D eigenvalue weighted by Crippen LogP contribution is 2.37. The van der Waals surface area contributed by atoms with Gasteiger partial charge in [-0.3, -0.25) is 0 Å². The minimum absolute atomic E-state index is 0.103. The lowest BCUT2D eigenvalue weighted by molar-refractivity contribution is 0.156. The molecule has 0 saturated carbocycles. The number of benzene rings is 1. The van der Waals surface area contributed by atoms with Crippen LogP contribution in [0.2, 0.25) is 0 Å². The molecule has 0 amide bonds. The Morgan fingerprint density at radius 3 is 2.55 bits per heavy atom. The van der Waals surface area contributed by atoms with Crippen molar-refractivity contribution in [2.45, 2.75) is 45.4 Å². The van der Waals surface area contributed by atoms with Crippen molar-refractivity contribution >= 4 is 7.32 Å². The molecule has 4 nitrogen and oxygen atoms in total. The van der Waals surface area contributed by atoms with Crippen LogP contribution < -0.4 is 9.31 Å². The third kappa shape index (κ3) is 3.76. The molecule has 0 N–H and O–H groups in total. The molecule has 0 aromatic heterocycles. The fourth-order valence-corrected chi connectivity index (χ4v) is 2.92. The number of hydrogen-bond acceptors (Lipinski definition) is 4. The zero-order valence-electron chi connectivity index (χ0n) is 13.9. The lowest BCUT2D eigenvalue weighted by atomic mass is 9.87. The zero-order chi connectivity index (χ0) is 15.6. The topological polar surface area (TPSA) is 30.9 Å². The first-order chi connectivity index (χ1) is 10.5. The van der Waals surface area contributed by atoms with Gasteiger partial charge in [0.25, 0.3) is 0 Å². The van der Waals surface area contributed by atoms with Gasteiger partial charge in [-0.1, -0.05) is 33.3 Å². The highest BCUT2D eigenvalue weighted by Gasteiger charge is 2.36. The van der Waals surface area contributed by atoms with Crippen LogP contribution in [0.1, 0.15) is 45.6 Å². The maximum Gasteiger partial charge on any atom is 0.788 e. The fraction of sp³-hybridized carbons (Fsp3) is 0.647. The number of nitrogens with zero attached hydrogens (tertiary/aromatic N) is 1. The normalized spacial score (nSPS) is 18.8. The lowest BCUT2D eigenvalue weighted by Crippen LogP contribution is -2.36. The van der Waals surface area contributed by atoms with Crippen LogP contribution in [0.3, 0.4) is 0 Å². The SMILES string of the molecule is CC(C)(C)c1ccc2c(c1)OB(OCCN1CCCCC1)O2. The van der Waals surface area contributed by atoms with E-state index in [0.29, 0.717) is 6.61 Å². The second-order valence-electron chi connectivity index (χ2n) is 7.21. The molecule has 0 spiro atoms. The summed E-state index contributed by atoms with van der Waals surface area (Å²) in [4.78, 5) is 2.45. The monoisotopic (exact) mass is 303 g/mol. The molecular formula is C17H26BNO3. The summed E-state index contributed by atoms with van der Waals surface area (Å²) in [7, 11) is -0.602. The van der Waals surface area contributed by atoms with Crippen LogP contribution in [0.5, 0.6) is 11.5 Å². The minimum Gasteiger partial charge on any atom is -0.498 e. The summed E-state index contributed by atoms with van der Waals surface area (Å²) in [6.07, 6.45) is 3.96. The van der Waals surface area contributed by atoms with Gasteiger partial charge in [-0.2, -0.15) is 0 Å². The Labute approximate surface area is 133 Å². The summed E-state index contributed by atoms with van der Waals surface area (Å²) in [5.74, 6) is 1.56. The largest absolute Gasteiger partial charge is 0.788 e. The predicted octanol–water partition coefficient (Wildman–Crippen LogP) is 3.24. The summed E-state index contributed by atoms with van der Waals surface area (Å²) < 4.78 is 17.2. The van der Waals surface area contributed by atoms with E-state index in [4.69, 9.17) is 14.0 Å². The summed E-state index contributed by atoms with van der Waals surface area (Å²) in [5.41, 5.74) is 1.34. The van der Waals surface area contributed by atoms with Crippen LogP contribution in [0, 0.1) is 0 Å². The van der Waals surface area contributed by atoms with Gasteiger partial charge in [0.15, 0.2) is 0 Å². The zero-order valence-corrected chi connectivity index (χ0v) is 13.9. The molecule has 2 heterocycles. The molecule has 0 atom stereocenters. The van der Waals surface area contributed by atoms with Gasteiger partial charge in [-0.05, 0) is 49.0 Å². The van der Waals surface area contributed by atoms with Gasteiger partial charge >= 0.3 is 7.32 Å². The van der Waals surface area contributed by atoms with E-state index in [0.717, 1.165) is 18.0 Å². The van der Waals surface area contributed by atoms with E-state index in [1.165, 1.54) is 37.9 Å². The molecule has 120 valence electrons. The van der Waals surface area contributed by atoms with Crippen molar-refractivity contribution in [3.8, 4) is 11.5 Å². The Balaban J connectivity index is 1.49. The number of rotatable bonds is 4. The van der Waals surface area contributed by atoms with Gasteiger partial charge in [0.1, 0.15) is 11.5 Å². The van der Waals surface area contributed by atoms with Crippen molar-refractivity contribution in [3.63, 3.8) is 0 Å². The second-order valence-corrected chi connectivity index (χ2v) is 7.21. The first-order valence-electron chi connectivity index (χ1n) is 8.34. The molecular weight excluding hydrogens is 277 g/mol. The van der Waals surface area contributed by atoms with E-state index in [9.17, 15) is 0 Å². The van der Waals surface area contributed by atoms with Gasteiger partial charge in [-0.15, -0.1) is 0 Å².